The van der Waals surface area contributed by atoms with Crippen LogP contribution in [0.5, 0.6) is 0 Å². The number of hydrogen-bond donors (Lipinski definition) is 0. The van der Waals surface area contributed by atoms with E-state index in [1.807, 2.05) is 24.3 Å². The van der Waals surface area contributed by atoms with Gasteiger partial charge in [-0.3, -0.25) is 0 Å². The smallest absolute Gasteiger partial charge is 0.117 e. The van der Waals surface area contributed by atoms with Crippen molar-refractivity contribution in [3.63, 3.8) is 0 Å². The fourth-order valence-corrected chi connectivity index (χ4v) is 1.75. The zero-order chi connectivity index (χ0) is 11.6. The second-order valence-corrected chi connectivity index (χ2v) is 4.60. The molecule has 0 aliphatic heterocycles. The summed E-state index contributed by atoms with van der Waals surface area (Å²) in [5.74, 6) is 0. The van der Waals surface area contributed by atoms with Crippen LogP contribution in [-0.4, -0.2) is 12.8 Å². The molecule has 1 rings (SSSR count). The number of halogens is 1. The first kappa shape index (κ1) is 13.2. The van der Waals surface area contributed by atoms with Crippen molar-refractivity contribution >= 4 is 22.1 Å². The van der Waals surface area contributed by atoms with E-state index >= 15 is 0 Å². The Morgan fingerprint density at radius 3 is 2.94 bits per heavy atom. The van der Waals surface area contributed by atoms with Gasteiger partial charge in [0.25, 0.3) is 0 Å². The molecule has 1 aromatic rings. The predicted octanol–water partition coefficient (Wildman–Crippen LogP) is 4.38. The van der Waals surface area contributed by atoms with Crippen LogP contribution in [0.3, 0.4) is 0 Å². The number of rotatable bonds is 7. The molecule has 16 heavy (non-hydrogen) atoms. The van der Waals surface area contributed by atoms with E-state index in [1.165, 1.54) is 19.3 Å². The van der Waals surface area contributed by atoms with Crippen LogP contribution in [0.15, 0.2) is 33.9 Å². The maximum atomic E-state index is 5.18. The highest BCUT2D eigenvalue weighted by Gasteiger charge is 1.90. The first-order chi connectivity index (χ1) is 7.83. The van der Waals surface area contributed by atoms with Crippen molar-refractivity contribution in [2.45, 2.75) is 32.6 Å². The van der Waals surface area contributed by atoms with Gasteiger partial charge >= 0.3 is 0 Å². The van der Waals surface area contributed by atoms with Crippen molar-refractivity contribution in [1.29, 1.82) is 0 Å². The molecule has 1 aromatic carbocycles. The Morgan fingerprint density at radius 2 is 2.19 bits per heavy atom. The normalized spacial score (nSPS) is 10.9. The Labute approximate surface area is 106 Å². The van der Waals surface area contributed by atoms with E-state index in [0.717, 1.165) is 16.5 Å². The molecule has 0 spiro atoms. The molecule has 0 saturated heterocycles. The zero-order valence-corrected chi connectivity index (χ0v) is 11.2. The molecule has 0 radical (unpaired) electrons. The van der Waals surface area contributed by atoms with Gasteiger partial charge in [-0.1, -0.05) is 53.0 Å². The molecule has 0 aliphatic carbocycles. The maximum absolute atomic E-state index is 5.18. The molecule has 0 fully saturated rings. The molecule has 0 aromatic heterocycles. The van der Waals surface area contributed by atoms with E-state index in [2.05, 4.69) is 28.0 Å². The first-order valence-electron chi connectivity index (χ1n) is 5.74. The lowest BCUT2D eigenvalue weighted by Gasteiger charge is -1.98. The highest BCUT2D eigenvalue weighted by molar-refractivity contribution is 9.10. The lowest BCUT2D eigenvalue weighted by atomic mass is 10.2. The third-order valence-electron chi connectivity index (χ3n) is 2.21. The van der Waals surface area contributed by atoms with E-state index in [9.17, 15) is 0 Å². The number of oxime groups is 1. The largest absolute Gasteiger partial charge is 0.396 e. The molecule has 0 N–H and O–H groups in total. The van der Waals surface area contributed by atoms with Crippen LogP contribution < -0.4 is 0 Å². The summed E-state index contributed by atoms with van der Waals surface area (Å²) in [7, 11) is 0. The summed E-state index contributed by atoms with van der Waals surface area (Å²) in [6.45, 7) is 2.91. The molecular formula is C13H18BrNO. The molecule has 88 valence electrons. The second-order valence-electron chi connectivity index (χ2n) is 3.68. The zero-order valence-electron chi connectivity index (χ0n) is 9.66. The highest BCUT2D eigenvalue weighted by atomic mass is 79.9. The third-order valence-corrected chi connectivity index (χ3v) is 2.71. The monoisotopic (exact) mass is 283 g/mol. The van der Waals surface area contributed by atoms with Crippen LogP contribution in [-0.2, 0) is 4.84 Å². The van der Waals surface area contributed by atoms with Gasteiger partial charge < -0.3 is 4.84 Å². The van der Waals surface area contributed by atoms with Crippen LogP contribution in [0.1, 0.15) is 38.2 Å². The topological polar surface area (TPSA) is 21.6 Å². The van der Waals surface area contributed by atoms with Gasteiger partial charge in [-0.15, -0.1) is 0 Å². The van der Waals surface area contributed by atoms with E-state index < -0.39 is 0 Å². The van der Waals surface area contributed by atoms with Crippen LogP contribution in [0.25, 0.3) is 0 Å². The van der Waals surface area contributed by atoms with Crippen LogP contribution >= 0.6 is 15.9 Å². The second kappa shape index (κ2) is 8.34. The van der Waals surface area contributed by atoms with Gasteiger partial charge in [-0.2, -0.15) is 0 Å². The predicted molar refractivity (Wildman–Crippen MR) is 71.8 cm³/mol. The van der Waals surface area contributed by atoms with Crippen LogP contribution in [0.4, 0.5) is 0 Å². The van der Waals surface area contributed by atoms with Gasteiger partial charge in [0.15, 0.2) is 0 Å². The Balaban J connectivity index is 2.17. The molecule has 0 unspecified atom stereocenters. The number of benzene rings is 1. The minimum absolute atomic E-state index is 0.713. The summed E-state index contributed by atoms with van der Waals surface area (Å²) in [5, 5.41) is 3.93. The summed E-state index contributed by atoms with van der Waals surface area (Å²) in [4.78, 5) is 5.18. The van der Waals surface area contributed by atoms with Crippen molar-refractivity contribution < 1.29 is 4.84 Å². The highest BCUT2D eigenvalue weighted by Crippen LogP contribution is 2.10. The van der Waals surface area contributed by atoms with Gasteiger partial charge in [0.05, 0.1) is 6.21 Å². The average Bonchev–Trinajstić information content (AvgIpc) is 2.28. The molecule has 3 heteroatoms. The van der Waals surface area contributed by atoms with Crippen LogP contribution in [0, 0.1) is 0 Å². The summed E-state index contributed by atoms with van der Waals surface area (Å²) in [5.41, 5.74) is 1.04. The van der Waals surface area contributed by atoms with Crippen LogP contribution in [0.2, 0.25) is 0 Å². The van der Waals surface area contributed by atoms with Crippen molar-refractivity contribution in [3.05, 3.63) is 34.3 Å². The van der Waals surface area contributed by atoms with Crippen molar-refractivity contribution in [2.24, 2.45) is 5.16 Å². The summed E-state index contributed by atoms with van der Waals surface area (Å²) in [6.07, 6.45) is 6.58. The Hall–Kier alpha value is -0.830. The van der Waals surface area contributed by atoms with Gasteiger partial charge in [0.1, 0.15) is 6.61 Å². The van der Waals surface area contributed by atoms with Crippen molar-refractivity contribution in [1.82, 2.24) is 0 Å². The molecule has 0 atom stereocenters. The lowest BCUT2D eigenvalue weighted by Crippen LogP contribution is -1.89. The summed E-state index contributed by atoms with van der Waals surface area (Å²) >= 11 is 3.41. The van der Waals surface area contributed by atoms with E-state index in [0.29, 0.717) is 6.61 Å². The molecular weight excluding hydrogens is 266 g/mol. The number of unbranched alkanes of at least 4 members (excludes halogenated alkanes) is 3. The molecule has 0 heterocycles. The molecule has 0 aliphatic rings. The quantitative estimate of drug-likeness (QED) is 0.413. The summed E-state index contributed by atoms with van der Waals surface area (Å²) < 4.78 is 1.05. The minimum atomic E-state index is 0.713. The Morgan fingerprint density at radius 1 is 1.31 bits per heavy atom. The van der Waals surface area contributed by atoms with E-state index in [-0.39, 0.29) is 0 Å². The molecule has 0 amide bonds. The first-order valence-corrected chi connectivity index (χ1v) is 6.53. The van der Waals surface area contributed by atoms with Gasteiger partial charge in [-0.25, -0.2) is 0 Å². The van der Waals surface area contributed by atoms with E-state index in [4.69, 9.17) is 4.84 Å². The van der Waals surface area contributed by atoms with E-state index in [1.54, 1.807) is 6.21 Å². The maximum Gasteiger partial charge on any atom is 0.117 e. The standard InChI is InChI=1S/C13H18BrNO/c1-2-3-4-5-9-16-15-11-12-7-6-8-13(14)10-12/h6-8,10-11H,2-5,9H2,1H3. The van der Waals surface area contributed by atoms with Crippen molar-refractivity contribution in [3.8, 4) is 0 Å². The number of hydrogen-bond acceptors (Lipinski definition) is 2. The average molecular weight is 284 g/mol. The fraction of sp³-hybridized carbons (Fsp3) is 0.462. The SMILES string of the molecule is CCCCCCON=Cc1cccc(Br)c1. The van der Waals surface area contributed by atoms with Gasteiger partial charge in [0, 0.05) is 4.47 Å². The third kappa shape index (κ3) is 5.91. The molecule has 0 bridgehead atoms. The fourth-order valence-electron chi connectivity index (χ4n) is 1.33. The Kier molecular flexibility index (Phi) is 6.90. The minimum Gasteiger partial charge on any atom is -0.396 e. The lowest BCUT2D eigenvalue weighted by molar-refractivity contribution is 0.141. The molecule has 0 saturated carbocycles. The Bertz CT molecular complexity index is 325. The van der Waals surface area contributed by atoms with Crippen molar-refractivity contribution in [2.75, 3.05) is 6.61 Å². The van der Waals surface area contributed by atoms with Gasteiger partial charge in [-0.05, 0) is 30.5 Å². The number of nitrogens with zero attached hydrogens (tertiary/aromatic N) is 1. The summed E-state index contributed by atoms with van der Waals surface area (Å²) in [6, 6.07) is 7.97. The van der Waals surface area contributed by atoms with Gasteiger partial charge in [0.2, 0.25) is 0 Å². The molecule has 2 nitrogen and oxygen atoms in total.